The molecule has 3 aliphatic heterocycles. The first-order valence-corrected chi connectivity index (χ1v) is 8.27. The van der Waals surface area contributed by atoms with E-state index >= 15 is 0 Å². The minimum absolute atomic E-state index is 0.663. The van der Waals surface area contributed by atoms with Crippen LogP contribution in [0.15, 0.2) is 5.03 Å². The molecule has 4 rings (SSSR count). The molecule has 5 heteroatoms. The van der Waals surface area contributed by atoms with Crippen LogP contribution in [0.1, 0.15) is 37.8 Å². The quantitative estimate of drug-likeness (QED) is 0.786. The van der Waals surface area contributed by atoms with Gasteiger partial charge < -0.3 is 4.90 Å². The molecule has 0 amide bonds. The van der Waals surface area contributed by atoms with Gasteiger partial charge in [0.25, 0.3) is 0 Å². The second-order valence-corrected chi connectivity index (χ2v) is 6.66. The van der Waals surface area contributed by atoms with Crippen LogP contribution in [0.5, 0.6) is 0 Å². The van der Waals surface area contributed by atoms with Crippen LogP contribution in [0.25, 0.3) is 0 Å². The maximum Gasteiger partial charge on any atom is 0.134 e. The second-order valence-electron chi connectivity index (χ2n) is 5.05. The fourth-order valence-corrected chi connectivity index (χ4v) is 4.62. The number of hydrogen-bond donors (Lipinski definition) is 0. The fourth-order valence-electron chi connectivity index (χ4n) is 2.99. The summed E-state index contributed by atoms with van der Waals surface area (Å²) in [5.41, 5.74) is 1.31. The standard InChI is InChI=1S/C12H19N3S2/c1-2-7-16-12-11(13-17-14-12)10-8-15-5-3-9(10)4-6-15/h9-10H,2-8H2,1H3. The molecule has 0 saturated carbocycles. The summed E-state index contributed by atoms with van der Waals surface area (Å²) in [5.74, 6) is 2.69. The van der Waals surface area contributed by atoms with E-state index in [-0.39, 0.29) is 0 Å². The minimum atomic E-state index is 0.663. The summed E-state index contributed by atoms with van der Waals surface area (Å²) < 4.78 is 9.08. The molecular weight excluding hydrogens is 250 g/mol. The molecule has 0 N–H and O–H groups in total. The van der Waals surface area contributed by atoms with Gasteiger partial charge in [0.1, 0.15) is 5.03 Å². The summed E-state index contributed by atoms with van der Waals surface area (Å²) >= 11 is 3.29. The lowest BCUT2D eigenvalue weighted by molar-refractivity contribution is 0.0846. The zero-order valence-electron chi connectivity index (χ0n) is 10.3. The van der Waals surface area contributed by atoms with Crippen LogP contribution in [0, 0.1) is 5.92 Å². The van der Waals surface area contributed by atoms with Crippen LogP contribution in [0.2, 0.25) is 0 Å². The maximum atomic E-state index is 4.59. The van der Waals surface area contributed by atoms with Gasteiger partial charge in [0.2, 0.25) is 0 Å². The van der Waals surface area contributed by atoms with Gasteiger partial charge in [-0.25, -0.2) is 0 Å². The first-order chi connectivity index (χ1) is 8.38. The second kappa shape index (κ2) is 5.24. The number of aromatic nitrogens is 2. The smallest absolute Gasteiger partial charge is 0.134 e. The summed E-state index contributed by atoms with van der Waals surface area (Å²) in [6.45, 7) is 6.04. The zero-order valence-corrected chi connectivity index (χ0v) is 11.9. The third kappa shape index (κ3) is 2.37. The summed E-state index contributed by atoms with van der Waals surface area (Å²) in [6.07, 6.45) is 3.93. The highest BCUT2D eigenvalue weighted by Crippen LogP contribution is 2.41. The zero-order chi connectivity index (χ0) is 11.7. The van der Waals surface area contributed by atoms with Crippen molar-refractivity contribution in [1.82, 2.24) is 13.6 Å². The molecule has 1 unspecified atom stereocenters. The topological polar surface area (TPSA) is 29.0 Å². The van der Waals surface area contributed by atoms with E-state index in [1.54, 1.807) is 0 Å². The Morgan fingerprint density at radius 1 is 1.35 bits per heavy atom. The molecule has 17 heavy (non-hydrogen) atoms. The number of piperidine rings is 3. The molecule has 0 aliphatic carbocycles. The predicted molar refractivity (Wildman–Crippen MR) is 72.8 cm³/mol. The molecule has 0 spiro atoms. The van der Waals surface area contributed by atoms with E-state index in [4.69, 9.17) is 0 Å². The van der Waals surface area contributed by atoms with Gasteiger partial charge in [-0.2, -0.15) is 8.75 Å². The van der Waals surface area contributed by atoms with Gasteiger partial charge in [0.15, 0.2) is 0 Å². The van der Waals surface area contributed by atoms with E-state index in [9.17, 15) is 0 Å². The molecule has 3 saturated heterocycles. The minimum Gasteiger partial charge on any atom is -0.303 e. The number of rotatable bonds is 4. The SMILES string of the molecule is CCCSc1nsnc1C1CN2CCC1CC2. The third-order valence-electron chi connectivity index (χ3n) is 3.93. The largest absolute Gasteiger partial charge is 0.303 e. The van der Waals surface area contributed by atoms with Crippen molar-refractivity contribution in [2.24, 2.45) is 5.92 Å². The average molecular weight is 269 g/mol. The van der Waals surface area contributed by atoms with Gasteiger partial charge in [0.05, 0.1) is 17.4 Å². The van der Waals surface area contributed by atoms with Gasteiger partial charge in [-0.05, 0) is 44.0 Å². The Hall–Kier alpha value is -0.130. The van der Waals surface area contributed by atoms with Crippen molar-refractivity contribution in [3.8, 4) is 0 Å². The van der Waals surface area contributed by atoms with E-state index in [0.29, 0.717) is 5.92 Å². The lowest BCUT2D eigenvalue weighted by atomic mass is 9.78. The summed E-state index contributed by atoms with van der Waals surface area (Å²) in [4.78, 5) is 2.60. The van der Waals surface area contributed by atoms with Crippen molar-refractivity contribution in [2.45, 2.75) is 37.1 Å². The van der Waals surface area contributed by atoms with Crippen LogP contribution < -0.4 is 0 Å². The highest BCUT2D eigenvalue weighted by molar-refractivity contribution is 7.99. The lowest BCUT2D eigenvalue weighted by Gasteiger charge is -2.44. The van der Waals surface area contributed by atoms with Crippen molar-refractivity contribution in [3.63, 3.8) is 0 Å². The van der Waals surface area contributed by atoms with Crippen molar-refractivity contribution in [3.05, 3.63) is 5.69 Å². The molecule has 1 aromatic heterocycles. The Labute approximate surface area is 111 Å². The van der Waals surface area contributed by atoms with Crippen molar-refractivity contribution >= 4 is 23.5 Å². The Balaban J connectivity index is 1.77. The first-order valence-electron chi connectivity index (χ1n) is 6.56. The Morgan fingerprint density at radius 2 is 2.18 bits per heavy atom. The van der Waals surface area contributed by atoms with E-state index < -0.39 is 0 Å². The molecule has 0 aromatic carbocycles. The highest BCUT2D eigenvalue weighted by atomic mass is 32.2. The third-order valence-corrected chi connectivity index (χ3v) is 5.78. The Bertz CT molecular complexity index is 372. The molecule has 3 aliphatic rings. The molecule has 94 valence electrons. The van der Waals surface area contributed by atoms with Crippen LogP contribution in [-0.4, -0.2) is 39.0 Å². The summed E-state index contributed by atoms with van der Waals surface area (Å²) in [6, 6.07) is 0. The predicted octanol–water partition coefficient (Wildman–Crippen LogP) is 2.85. The van der Waals surface area contributed by atoms with E-state index in [1.807, 2.05) is 11.8 Å². The summed E-state index contributed by atoms with van der Waals surface area (Å²) in [5, 5.41) is 1.22. The van der Waals surface area contributed by atoms with Gasteiger partial charge in [-0.15, -0.1) is 11.8 Å². The van der Waals surface area contributed by atoms with Crippen LogP contribution in [0.3, 0.4) is 0 Å². The molecule has 4 heterocycles. The van der Waals surface area contributed by atoms with Crippen molar-refractivity contribution < 1.29 is 0 Å². The highest BCUT2D eigenvalue weighted by Gasteiger charge is 2.37. The normalized spacial score (nSPS) is 31.9. The molecule has 0 radical (unpaired) electrons. The molecule has 3 nitrogen and oxygen atoms in total. The van der Waals surface area contributed by atoms with E-state index in [1.165, 1.54) is 67.1 Å². The molecule has 3 fully saturated rings. The van der Waals surface area contributed by atoms with Crippen LogP contribution >= 0.6 is 23.5 Å². The van der Waals surface area contributed by atoms with Gasteiger partial charge in [-0.1, -0.05) is 6.92 Å². The average Bonchev–Trinajstić information content (AvgIpc) is 2.86. The molecule has 1 aromatic rings. The Kier molecular flexibility index (Phi) is 3.68. The number of thioether (sulfide) groups is 1. The molecule has 2 bridgehead atoms. The molecular formula is C12H19N3S2. The van der Waals surface area contributed by atoms with Gasteiger partial charge in [0, 0.05) is 12.5 Å². The molecule has 1 atom stereocenters. The van der Waals surface area contributed by atoms with Gasteiger partial charge >= 0.3 is 0 Å². The number of fused-ring (bicyclic) bond motifs is 3. The fraction of sp³-hybridized carbons (Fsp3) is 0.833. The summed E-state index contributed by atoms with van der Waals surface area (Å²) in [7, 11) is 0. The number of hydrogen-bond acceptors (Lipinski definition) is 5. The monoisotopic (exact) mass is 269 g/mol. The van der Waals surface area contributed by atoms with Crippen molar-refractivity contribution in [1.29, 1.82) is 0 Å². The maximum absolute atomic E-state index is 4.59. The lowest BCUT2D eigenvalue weighted by Crippen LogP contribution is -2.46. The number of nitrogens with zero attached hydrogens (tertiary/aromatic N) is 3. The van der Waals surface area contributed by atoms with Crippen molar-refractivity contribution in [2.75, 3.05) is 25.4 Å². The van der Waals surface area contributed by atoms with Gasteiger partial charge in [-0.3, -0.25) is 0 Å². The first kappa shape index (κ1) is 11.9. The van der Waals surface area contributed by atoms with E-state index in [0.717, 1.165) is 5.92 Å². The van der Waals surface area contributed by atoms with Crippen LogP contribution in [0.4, 0.5) is 0 Å². The van der Waals surface area contributed by atoms with E-state index in [2.05, 4.69) is 20.6 Å². The van der Waals surface area contributed by atoms with Crippen LogP contribution in [-0.2, 0) is 0 Å². The Morgan fingerprint density at radius 3 is 2.82 bits per heavy atom.